The highest BCUT2D eigenvalue weighted by atomic mass is 31.0. The van der Waals surface area contributed by atoms with E-state index in [1.54, 1.807) is 18.2 Å². The lowest BCUT2D eigenvalue weighted by atomic mass is 10.1. The van der Waals surface area contributed by atoms with Gasteiger partial charge in [0.2, 0.25) is 11.8 Å². The van der Waals surface area contributed by atoms with Crippen LogP contribution in [-0.2, 0) is 9.59 Å². The second-order valence-electron chi connectivity index (χ2n) is 6.24. The first-order valence-electron chi connectivity index (χ1n) is 8.86. The molecule has 0 saturated carbocycles. The number of allylic oxidation sites excluding steroid dienone is 4. The highest BCUT2D eigenvalue weighted by molar-refractivity contribution is 7.18. The van der Waals surface area contributed by atoms with Gasteiger partial charge in [-0.15, -0.1) is 8.86 Å². The maximum Gasteiger partial charge on any atom is 0.333 e. The standard InChI is InChI=1S/C21H21F2N2O3P/c1-2-3-7-16(10-11-29)18(23)14-25-20(27)12-19(26)24(21(25)28)13-17(22)15-8-5-4-6-9-15/h2-11,17-18,29H,1,12-14H2/b7-3-,16-10+/t17-,18+/m0/s1. The van der Waals surface area contributed by atoms with Crippen LogP contribution in [0.3, 0.4) is 0 Å². The van der Waals surface area contributed by atoms with Crippen LogP contribution in [0.15, 0.2) is 66.8 Å². The third kappa shape index (κ3) is 5.78. The number of hydrogen-bond acceptors (Lipinski definition) is 3. The molecule has 4 amide bonds. The molecule has 2 atom stereocenters. The molecule has 1 saturated heterocycles. The topological polar surface area (TPSA) is 57.7 Å². The zero-order chi connectivity index (χ0) is 21.4. The smallest absolute Gasteiger partial charge is 0.274 e. The number of urea groups is 1. The number of carbonyl (C=O) groups excluding carboxylic acids is 3. The second kappa shape index (κ2) is 10.6. The molecule has 1 aromatic carbocycles. The van der Waals surface area contributed by atoms with Crippen molar-refractivity contribution in [3.8, 4) is 0 Å². The number of alkyl halides is 2. The van der Waals surface area contributed by atoms with E-state index in [2.05, 4.69) is 15.4 Å². The SMILES string of the molecule is C=C/C=C\C(=C/C=P)[C@H](F)CN1C(=O)CC(=O)N(C[C@H](F)c2ccccc2)C1=O. The summed E-state index contributed by atoms with van der Waals surface area (Å²) < 4.78 is 29.3. The van der Waals surface area contributed by atoms with Crippen molar-refractivity contribution in [2.24, 2.45) is 0 Å². The number of barbiturate groups is 1. The molecule has 0 radical (unpaired) electrons. The van der Waals surface area contributed by atoms with Gasteiger partial charge in [-0.25, -0.2) is 13.6 Å². The van der Waals surface area contributed by atoms with Gasteiger partial charge in [-0.05, 0) is 16.9 Å². The number of rotatable bonds is 9. The number of carbonyl (C=O) groups is 3. The van der Waals surface area contributed by atoms with E-state index >= 15 is 0 Å². The van der Waals surface area contributed by atoms with Crippen molar-refractivity contribution in [1.29, 1.82) is 0 Å². The van der Waals surface area contributed by atoms with E-state index < -0.39 is 49.7 Å². The van der Waals surface area contributed by atoms with Gasteiger partial charge in [-0.3, -0.25) is 19.4 Å². The van der Waals surface area contributed by atoms with E-state index in [4.69, 9.17) is 0 Å². The van der Waals surface area contributed by atoms with Crippen molar-refractivity contribution >= 4 is 32.5 Å². The van der Waals surface area contributed by atoms with Crippen LogP contribution in [0.2, 0.25) is 0 Å². The van der Waals surface area contributed by atoms with E-state index in [-0.39, 0.29) is 5.57 Å². The first-order chi connectivity index (χ1) is 13.9. The van der Waals surface area contributed by atoms with Crippen molar-refractivity contribution in [1.82, 2.24) is 9.80 Å². The minimum absolute atomic E-state index is 0.191. The van der Waals surface area contributed by atoms with Crippen molar-refractivity contribution in [3.05, 3.63) is 72.4 Å². The molecule has 0 spiro atoms. The maximum absolute atomic E-state index is 14.7. The summed E-state index contributed by atoms with van der Waals surface area (Å²) in [6.07, 6.45) is 1.91. The Morgan fingerprint density at radius 1 is 1.10 bits per heavy atom. The fourth-order valence-corrected chi connectivity index (χ4v) is 2.96. The zero-order valence-corrected chi connectivity index (χ0v) is 16.6. The summed E-state index contributed by atoms with van der Waals surface area (Å²) in [5.74, 6) is -0.192. The van der Waals surface area contributed by atoms with Gasteiger partial charge < -0.3 is 0 Å². The minimum atomic E-state index is -1.70. The third-order valence-electron chi connectivity index (χ3n) is 4.28. The van der Waals surface area contributed by atoms with Gasteiger partial charge in [-0.1, -0.05) is 61.2 Å². The van der Waals surface area contributed by atoms with Crippen molar-refractivity contribution in [2.45, 2.75) is 18.8 Å². The van der Waals surface area contributed by atoms with Crippen LogP contribution in [0.5, 0.6) is 0 Å². The van der Waals surface area contributed by atoms with Crippen LogP contribution in [0.25, 0.3) is 0 Å². The van der Waals surface area contributed by atoms with Gasteiger partial charge in [0, 0.05) is 0 Å². The molecule has 2 rings (SSSR count). The zero-order valence-electron chi connectivity index (χ0n) is 15.6. The summed E-state index contributed by atoms with van der Waals surface area (Å²) in [6.45, 7) is 2.37. The Labute approximate surface area is 170 Å². The van der Waals surface area contributed by atoms with Gasteiger partial charge in [0.15, 0.2) is 0 Å². The molecule has 29 heavy (non-hydrogen) atoms. The van der Waals surface area contributed by atoms with Gasteiger partial charge in [0.05, 0.1) is 13.1 Å². The van der Waals surface area contributed by atoms with Gasteiger partial charge >= 0.3 is 6.03 Å². The number of benzene rings is 1. The Kier molecular flexibility index (Phi) is 8.16. The predicted octanol–water partition coefficient (Wildman–Crippen LogP) is 3.83. The highest BCUT2D eigenvalue weighted by Gasteiger charge is 2.40. The molecule has 152 valence electrons. The Morgan fingerprint density at radius 2 is 1.72 bits per heavy atom. The average molecular weight is 418 g/mol. The lowest BCUT2D eigenvalue weighted by Crippen LogP contribution is -2.57. The summed E-state index contributed by atoms with van der Waals surface area (Å²) in [5, 5.41) is 0. The summed E-state index contributed by atoms with van der Waals surface area (Å²) in [6, 6.07) is 7.02. The normalized spacial score (nSPS) is 17.6. The quantitative estimate of drug-likeness (QED) is 0.348. The maximum atomic E-state index is 14.7. The molecule has 0 bridgehead atoms. The minimum Gasteiger partial charge on any atom is -0.274 e. The van der Waals surface area contributed by atoms with Crippen LogP contribution >= 0.6 is 8.86 Å². The van der Waals surface area contributed by atoms with E-state index in [9.17, 15) is 23.2 Å². The molecule has 1 fully saturated rings. The van der Waals surface area contributed by atoms with E-state index in [1.807, 2.05) is 0 Å². The van der Waals surface area contributed by atoms with Gasteiger partial charge in [-0.2, -0.15) is 0 Å². The fourth-order valence-electron chi connectivity index (χ4n) is 2.77. The predicted molar refractivity (Wildman–Crippen MR) is 110 cm³/mol. The van der Waals surface area contributed by atoms with E-state index in [0.29, 0.717) is 15.4 Å². The van der Waals surface area contributed by atoms with E-state index in [0.717, 1.165) is 0 Å². The van der Waals surface area contributed by atoms with Crippen LogP contribution in [0, 0.1) is 0 Å². The highest BCUT2D eigenvalue weighted by Crippen LogP contribution is 2.23. The number of nitrogens with zero attached hydrogens (tertiary/aromatic N) is 2. The van der Waals surface area contributed by atoms with E-state index in [1.165, 1.54) is 42.2 Å². The third-order valence-corrected chi connectivity index (χ3v) is 4.44. The van der Waals surface area contributed by atoms with Crippen LogP contribution in [0.4, 0.5) is 13.6 Å². The average Bonchev–Trinajstić information content (AvgIpc) is 2.71. The monoisotopic (exact) mass is 418 g/mol. The molecule has 0 unspecified atom stereocenters. The second-order valence-corrected chi connectivity index (χ2v) is 6.58. The summed E-state index contributed by atoms with van der Waals surface area (Å²) in [7, 11) is 3.11. The van der Waals surface area contributed by atoms with Crippen LogP contribution in [-0.4, -0.2) is 52.7 Å². The molecule has 0 N–H and O–H groups in total. The number of amides is 4. The Bertz CT molecular complexity index is 855. The Morgan fingerprint density at radius 3 is 2.31 bits per heavy atom. The van der Waals surface area contributed by atoms with Crippen LogP contribution in [0.1, 0.15) is 18.2 Å². The fraction of sp³-hybridized carbons (Fsp3) is 0.238. The van der Waals surface area contributed by atoms with Crippen molar-refractivity contribution in [2.75, 3.05) is 13.1 Å². The summed E-state index contributed by atoms with van der Waals surface area (Å²) in [4.78, 5) is 38.3. The molecular formula is C21H21F2N2O3P. The molecule has 1 heterocycles. The molecule has 1 aliphatic heterocycles. The number of imide groups is 2. The first kappa shape index (κ1) is 22.4. The van der Waals surface area contributed by atoms with Crippen molar-refractivity contribution < 1.29 is 23.2 Å². The van der Waals surface area contributed by atoms with Crippen molar-refractivity contribution in [3.63, 3.8) is 0 Å². The lowest BCUT2D eigenvalue weighted by molar-refractivity contribution is -0.143. The van der Waals surface area contributed by atoms with Gasteiger partial charge in [0.25, 0.3) is 0 Å². The lowest BCUT2D eigenvalue weighted by Gasteiger charge is -2.34. The molecular weight excluding hydrogens is 397 g/mol. The molecule has 0 aromatic heterocycles. The van der Waals surface area contributed by atoms with Crippen LogP contribution < -0.4 is 0 Å². The molecule has 0 aliphatic carbocycles. The van der Waals surface area contributed by atoms with Gasteiger partial charge in [0.1, 0.15) is 18.8 Å². The largest absolute Gasteiger partial charge is 0.333 e. The molecule has 5 nitrogen and oxygen atoms in total. The molecule has 1 aliphatic rings. The number of halogens is 2. The molecule has 8 heteroatoms. The molecule has 1 aromatic rings. The Balaban J connectivity index is 2.17. The number of hydrogen-bond donors (Lipinski definition) is 0. The summed E-state index contributed by atoms with van der Waals surface area (Å²) in [5.41, 5.74) is 0.490. The Hall–Kier alpha value is -2.92. The first-order valence-corrected chi connectivity index (χ1v) is 9.44. The summed E-state index contributed by atoms with van der Waals surface area (Å²) >= 11 is 0.